The van der Waals surface area contributed by atoms with Crippen molar-refractivity contribution < 1.29 is 19.8 Å². The lowest BCUT2D eigenvalue weighted by atomic mass is 9.73. The molecule has 3 aromatic heterocycles. The number of amides is 1. The molecule has 1 spiro atoms. The van der Waals surface area contributed by atoms with Gasteiger partial charge in [0, 0.05) is 48.9 Å². The highest BCUT2D eigenvalue weighted by Gasteiger charge is 2.47. The first kappa shape index (κ1) is 31.1. The molecule has 47 heavy (non-hydrogen) atoms. The maximum absolute atomic E-state index is 13.1. The zero-order chi connectivity index (χ0) is 32.9. The van der Waals surface area contributed by atoms with Crippen LogP contribution in [0.2, 0.25) is 5.02 Å². The van der Waals surface area contributed by atoms with Gasteiger partial charge >= 0.3 is 5.97 Å². The minimum absolute atomic E-state index is 0.121. The van der Waals surface area contributed by atoms with Gasteiger partial charge in [-0.25, -0.2) is 14.8 Å². The van der Waals surface area contributed by atoms with Gasteiger partial charge < -0.3 is 26.2 Å². The Kier molecular flexibility index (Phi) is 8.10. The molecule has 7 rings (SSSR count). The Bertz CT molecular complexity index is 1980. The van der Waals surface area contributed by atoms with Gasteiger partial charge in [-0.3, -0.25) is 19.1 Å². The number of benzene rings is 1. The van der Waals surface area contributed by atoms with Crippen LogP contribution in [0.25, 0.3) is 0 Å². The van der Waals surface area contributed by atoms with Crippen LogP contribution in [0.4, 0.5) is 11.5 Å². The zero-order valence-electron chi connectivity index (χ0n) is 25.1. The fourth-order valence-corrected chi connectivity index (χ4v) is 7.94. The molecule has 1 aliphatic carbocycles. The van der Waals surface area contributed by atoms with Crippen molar-refractivity contribution >= 4 is 46.7 Å². The van der Waals surface area contributed by atoms with Gasteiger partial charge in [-0.1, -0.05) is 35.5 Å². The van der Waals surface area contributed by atoms with Gasteiger partial charge in [0.25, 0.3) is 11.5 Å². The molecule has 13 nitrogen and oxygen atoms in total. The van der Waals surface area contributed by atoms with Gasteiger partial charge in [-0.15, -0.1) is 0 Å². The van der Waals surface area contributed by atoms with E-state index >= 15 is 0 Å². The van der Waals surface area contributed by atoms with E-state index in [1.54, 1.807) is 24.4 Å². The van der Waals surface area contributed by atoms with Crippen molar-refractivity contribution in [2.24, 2.45) is 11.1 Å². The van der Waals surface area contributed by atoms with Gasteiger partial charge in [-0.2, -0.15) is 4.98 Å². The minimum Gasteiger partial charge on any atom is -0.493 e. The van der Waals surface area contributed by atoms with Crippen LogP contribution in [0.3, 0.4) is 0 Å². The monoisotopic (exact) mass is 674 g/mol. The number of aryl methyl sites for hydroxylation is 1. The molecule has 242 valence electrons. The molecule has 1 atom stereocenters. The minimum atomic E-state index is -1.21. The summed E-state index contributed by atoms with van der Waals surface area (Å²) in [5.41, 5.74) is 7.61. The maximum Gasteiger partial charge on any atom is 0.358 e. The van der Waals surface area contributed by atoms with E-state index in [0.29, 0.717) is 41.8 Å². The first-order valence-electron chi connectivity index (χ1n) is 15.3. The lowest BCUT2D eigenvalue weighted by Gasteiger charge is -2.42. The quantitative estimate of drug-likeness (QED) is 0.230. The Morgan fingerprint density at radius 3 is 2.66 bits per heavy atom. The molecule has 5 heterocycles. The number of carboxylic acid groups (broad SMARTS) is 1. The van der Waals surface area contributed by atoms with E-state index in [4.69, 9.17) is 17.3 Å². The van der Waals surface area contributed by atoms with Crippen molar-refractivity contribution in [2.75, 3.05) is 23.3 Å². The summed E-state index contributed by atoms with van der Waals surface area (Å²) >= 11 is 7.74. The fraction of sp³-hybridized carbons (Fsp3) is 0.344. The topological polar surface area (TPSA) is 189 Å². The third-order valence-corrected chi connectivity index (χ3v) is 10.8. The van der Waals surface area contributed by atoms with Crippen LogP contribution < -0.4 is 21.5 Å². The number of aromatic hydroxyl groups is 1. The fourth-order valence-electron chi connectivity index (χ4n) is 6.84. The molecule has 3 aliphatic rings. The SMILES string of the molecule is NC1c2cccnc2CC12CCN(c1ncc(Sc3cccc(NC(=O)c4c(O)nc5n(c4=O)CCCC5)c3Cl)nc1C(=O)O)CC2. The predicted molar refractivity (Wildman–Crippen MR) is 174 cm³/mol. The number of nitrogens with zero attached hydrogens (tertiary/aromatic N) is 6. The summed E-state index contributed by atoms with van der Waals surface area (Å²) in [7, 11) is 0. The van der Waals surface area contributed by atoms with E-state index in [1.807, 2.05) is 17.0 Å². The summed E-state index contributed by atoms with van der Waals surface area (Å²) in [6.45, 7) is 1.58. The second-order valence-corrected chi connectivity index (χ2v) is 13.5. The van der Waals surface area contributed by atoms with Crippen LogP contribution in [0, 0.1) is 5.41 Å². The number of hydrogen-bond donors (Lipinski definition) is 4. The molecule has 5 N–H and O–H groups in total. The van der Waals surface area contributed by atoms with Crippen molar-refractivity contribution in [1.29, 1.82) is 0 Å². The van der Waals surface area contributed by atoms with Gasteiger partial charge in [0.2, 0.25) is 5.88 Å². The van der Waals surface area contributed by atoms with Crippen molar-refractivity contribution in [1.82, 2.24) is 24.5 Å². The number of hydrogen-bond acceptors (Lipinski definition) is 11. The lowest BCUT2D eigenvalue weighted by molar-refractivity contribution is 0.0689. The third-order valence-electron chi connectivity index (χ3n) is 9.35. The molecule has 15 heteroatoms. The van der Waals surface area contributed by atoms with Gasteiger partial charge in [0.05, 0.1) is 16.9 Å². The first-order valence-corrected chi connectivity index (χ1v) is 16.5. The Morgan fingerprint density at radius 1 is 1.09 bits per heavy atom. The molecule has 1 amide bonds. The predicted octanol–water partition coefficient (Wildman–Crippen LogP) is 4.07. The van der Waals surface area contributed by atoms with Gasteiger partial charge in [-0.05, 0) is 61.3 Å². The van der Waals surface area contributed by atoms with E-state index < -0.39 is 28.9 Å². The van der Waals surface area contributed by atoms with Gasteiger partial charge in [0.15, 0.2) is 17.1 Å². The molecular formula is C32H31ClN8O5S. The first-order chi connectivity index (χ1) is 22.6. The Labute approximate surface area is 278 Å². The summed E-state index contributed by atoms with van der Waals surface area (Å²) in [6.07, 6.45) is 7.79. The number of fused-ring (bicyclic) bond motifs is 2. The molecule has 1 fully saturated rings. The van der Waals surface area contributed by atoms with Crippen molar-refractivity contribution in [2.45, 2.75) is 61.0 Å². The Hall–Kier alpha value is -4.53. The Morgan fingerprint density at radius 2 is 1.89 bits per heavy atom. The highest BCUT2D eigenvalue weighted by atomic mass is 35.5. The molecule has 4 aromatic rings. The number of nitrogens with one attached hydrogen (secondary N) is 1. The van der Waals surface area contributed by atoms with Crippen LogP contribution in [-0.4, -0.2) is 59.7 Å². The Balaban J connectivity index is 1.08. The van der Waals surface area contributed by atoms with E-state index in [0.717, 1.165) is 55.1 Å². The van der Waals surface area contributed by atoms with Crippen LogP contribution in [0.1, 0.15) is 69.7 Å². The molecule has 0 radical (unpaired) electrons. The van der Waals surface area contributed by atoms with Crippen LogP contribution in [0.5, 0.6) is 5.88 Å². The van der Waals surface area contributed by atoms with Crippen molar-refractivity contribution in [3.8, 4) is 5.88 Å². The van der Waals surface area contributed by atoms with E-state index in [-0.39, 0.29) is 33.7 Å². The summed E-state index contributed by atoms with van der Waals surface area (Å²) in [6, 6.07) is 8.70. The summed E-state index contributed by atoms with van der Waals surface area (Å²) in [4.78, 5) is 58.4. The number of aromatic nitrogens is 5. The average molecular weight is 675 g/mol. The number of halogens is 1. The standard InChI is InChI=1S/C32H31ClN8O5S/c33-24-18(37-28(42)23-29(43)38-21-8-1-2-12-41(21)30(23)44)6-3-7-20(24)47-22-16-36-27(25(39-22)31(45)46)40-13-9-32(10-14-40)15-19-17(26(32)34)5-4-11-35-19/h3-7,11,16,26,43H,1-2,8-10,12-15,34H2,(H,37,42)(H,45,46). The molecular weight excluding hydrogens is 644 g/mol. The van der Waals surface area contributed by atoms with Crippen molar-refractivity contribution in [3.63, 3.8) is 0 Å². The van der Waals surface area contributed by atoms with Crippen LogP contribution in [-0.2, 0) is 19.4 Å². The second-order valence-electron chi connectivity index (χ2n) is 12.0. The lowest BCUT2D eigenvalue weighted by Crippen LogP contribution is -2.45. The summed E-state index contributed by atoms with van der Waals surface area (Å²) in [5.74, 6) is -1.94. The number of carboxylic acids is 1. The highest BCUT2D eigenvalue weighted by Crippen LogP contribution is 2.50. The number of anilines is 2. The molecule has 0 bridgehead atoms. The molecule has 1 aromatic carbocycles. The molecule has 0 saturated carbocycles. The number of carbonyl (C=O) groups excluding carboxylic acids is 1. The normalized spacial score (nSPS) is 18.1. The highest BCUT2D eigenvalue weighted by molar-refractivity contribution is 7.99. The molecule has 2 aliphatic heterocycles. The number of pyridine rings is 1. The van der Waals surface area contributed by atoms with E-state index in [1.165, 1.54) is 10.8 Å². The molecule has 1 saturated heterocycles. The maximum atomic E-state index is 13.1. The second kappa shape index (κ2) is 12.2. The van der Waals surface area contributed by atoms with Crippen LogP contribution >= 0.6 is 23.4 Å². The number of aromatic carboxylic acids is 1. The van der Waals surface area contributed by atoms with Gasteiger partial charge in [0.1, 0.15) is 10.9 Å². The third kappa shape index (κ3) is 5.59. The largest absolute Gasteiger partial charge is 0.493 e. The van der Waals surface area contributed by atoms with Crippen LogP contribution in [0.15, 0.2) is 57.4 Å². The summed E-state index contributed by atoms with van der Waals surface area (Å²) < 4.78 is 1.41. The number of nitrogens with two attached hydrogens (primary N) is 1. The number of carbonyl (C=O) groups is 2. The summed E-state index contributed by atoms with van der Waals surface area (Å²) in [5, 5.41) is 23.5. The zero-order valence-corrected chi connectivity index (χ0v) is 26.7. The van der Waals surface area contributed by atoms with Crippen molar-refractivity contribution in [3.05, 3.63) is 86.4 Å². The number of rotatable bonds is 6. The van der Waals surface area contributed by atoms with E-state index in [2.05, 4.69) is 25.3 Å². The van der Waals surface area contributed by atoms with E-state index in [9.17, 15) is 24.6 Å². The average Bonchev–Trinajstić information content (AvgIpc) is 3.33. The molecule has 1 unspecified atom stereocenters. The number of piperidine rings is 1. The smallest absolute Gasteiger partial charge is 0.358 e.